The van der Waals surface area contributed by atoms with E-state index in [1.165, 1.54) is 28.7 Å². The van der Waals surface area contributed by atoms with Crippen molar-refractivity contribution in [3.05, 3.63) is 70.3 Å². The van der Waals surface area contributed by atoms with Crippen LogP contribution in [0.2, 0.25) is 0 Å². The number of quaternary nitrogens is 1. The highest BCUT2D eigenvalue weighted by molar-refractivity contribution is 5.93. The van der Waals surface area contributed by atoms with Crippen LogP contribution < -0.4 is 10.2 Å². The predicted molar refractivity (Wildman–Crippen MR) is 108 cm³/mol. The first-order valence-corrected chi connectivity index (χ1v) is 9.71. The highest BCUT2D eigenvalue weighted by atomic mass is 16.6. The summed E-state index contributed by atoms with van der Waals surface area (Å²) in [7, 11) is 0. The molecule has 1 aliphatic rings. The zero-order chi connectivity index (χ0) is 20.6. The molecular weight excluding hydrogens is 372 g/mol. The first kappa shape index (κ1) is 20.5. The lowest BCUT2D eigenvalue weighted by Crippen LogP contribution is -3.13. The summed E-state index contributed by atoms with van der Waals surface area (Å²) in [6.45, 7) is 4.11. The number of benzene rings is 2. The molecule has 1 heterocycles. The van der Waals surface area contributed by atoms with Crippen molar-refractivity contribution in [2.24, 2.45) is 0 Å². The summed E-state index contributed by atoms with van der Waals surface area (Å²) in [6.07, 6.45) is 0.188. The molecule has 1 saturated heterocycles. The molecule has 2 aromatic carbocycles. The van der Waals surface area contributed by atoms with Gasteiger partial charge >= 0.3 is 0 Å². The minimum atomic E-state index is -0.515. The molecular formula is C21H25N4O4+. The fourth-order valence-corrected chi connectivity index (χ4v) is 3.43. The number of anilines is 1. The molecule has 1 aliphatic heterocycles. The Morgan fingerprint density at radius 1 is 1.03 bits per heavy atom. The zero-order valence-electron chi connectivity index (χ0n) is 16.2. The van der Waals surface area contributed by atoms with Gasteiger partial charge in [0.25, 0.3) is 5.69 Å². The molecule has 0 aromatic heterocycles. The average molecular weight is 397 g/mol. The van der Waals surface area contributed by atoms with E-state index < -0.39 is 4.92 Å². The molecule has 0 atom stereocenters. The second-order valence-corrected chi connectivity index (χ2v) is 7.15. The molecule has 152 valence electrons. The molecule has 0 unspecified atom stereocenters. The summed E-state index contributed by atoms with van der Waals surface area (Å²) in [5.41, 5.74) is 1.56. The molecule has 8 nitrogen and oxygen atoms in total. The third-order valence-electron chi connectivity index (χ3n) is 5.03. The van der Waals surface area contributed by atoms with E-state index in [-0.39, 0.29) is 30.3 Å². The van der Waals surface area contributed by atoms with Crippen LogP contribution >= 0.6 is 0 Å². The van der Waals surface area contributed by atoms with Gasteiger partial charge in [-0.2, -0.15) is 0 Å². The van der Waals surface area contributed by atoms with E-state index in [1.807, 2.05) is 23.1 Å². The minimum absolute atomic E-state index is 0.0297. The Balaban J connectivity index is 1.40. The third-order valence-corrected chi connectivity index (χ3v) is 5.03. The van der Waals surface area contributed by atoms with Crippen molar-refractivity contribution in [2.75, 3.05) is 31.5 Å². The van der Waals surface area contributed by atoms with Crippen LogP contribution in [0, 0.1) is 10.1 Å². The van der Waals surface area contributed by atoms with E-state index in [2.05, 4.69) is 17.4 Å². The number of nitro benzene ring substituents is 1. The summed E-state index contributed by atoms with van der Waals surface area (Å²) in [4.78, 5) is 38.0. The highest BCUT2D eigenvalue weighted by Crippen LogP contribution is 2.17. The first-order chi connectivity index (χ1) is 14.0. The summed E-state index contributed by atoms with van der Waals surface area (Å²) in [6, 6.07) is 16.1. The van der Waals surface area contributed by atoms with Crippen LogP contribution in [0.4, 0.5) is 11.4 Å². The number of nitro groups is 1. The number of carbonyl (C=O) groups excluding carboxylic acids is 2. The fourth-order valence-electron chi connectivity index (χ4n) is 3.43. The van der Waals surface area contributed by atoms with Crippen LogP contribution in [-0.2, 0) is 16.1 Å². The van der Waals surface area contributed by atoms with Gasteiger partial charge in [-0.15, -0.1) is 0 Å². The maximum atomic E-state index is 12.4. The Labute approximate surface area is 169 Å². The van der Waals surface area contributed by atoms with Gasteiger partial charge in [-0.05, 0) is 6.07 Å². The van der Waals surface area contributed by atoms with Gasteiger partial charge in [-0.3, -0.25) is 19.7 Å². The number of nitrogens with one attached hydrogen (secondary N) is 2. The van der Waals surface area contributed by atoms with Gasteiger partial charge in [0.15, 0.2) is 0 Å². The lowest BCUT2D eigenvalue weighted by Gasteiger charge is -2.32. The Bertz CT molecular complexity index is 864. The fraction of sp³-hybridized carbons (Fsp3) is 0.333. The van der Waals surface area contributed by atoms with Crippen LogP contribution in [-0.4, -0.2) is 47.8 Å². The van der Waals surface area contributed by atoms with E-state index in [1.54, 1.807) is 6.07 Å². The molecule has 0 radical (unpaired) electrons. The summed E-state index contributed by atoms with van der Waals surface area (Å²) < 4.78 is 0. The van der Waals surface area contributed by atoms with Crippen LogP contribution in [0.3, 0.4) is 0 Å². The molecule has 0 bridgehead atoms. The quantitative estimate of drug-likeness (QED) is 0.543. The number of rotatable bonds is 7. The topological polar surface area (TPSA) is 97.0 Å². The molecule has 8 heteroatoms. The largest absolute Gasteiger partial charge is 0.331 e. The Morgan fingerprint density at radius 3 is 2.45 bits per heavy atom. The number of amides is 2. The maximum absolute atomic E-state index is 12.4. The van der Waals surface area contributed by atoms with E-state index in [0.717, 1.165) is 19.6 Å². The number of piperazine rings is 1. The van der Waals surface area contributed by atoms with Crippen molar-refractivity contribution in [1.82, 2.24) is 4.90 Å². The average Bonchev–Trinajstić information content (AvgIpc) is 2.73. The van der Waals surface area contributed by atoms with Crippen molar-refractivity contribution < 1.29 is 19.4 Å². The minimum Gasteiger partial charge on any atom is -0.331 e. The van der Waals surface area contributed by atoms with E-state index >= 15 is 0 Å². The van der Waals surface area contributed by atoms with Gasteiger partial charge < -0.3 is 15.1 Å². The van der Waals surface area contributed by atoms with Crippen molar-refractivity contribution in [1.29, 1.82) is 0 Å². The molecule has 1 fully saturated rings. The van der Waals surface area contributed by atoms with Crippen LogP contribution in [0.15, 0.2) is 54.6 Å². The number of hydrogen-bond acceptors (Lipinski definition) is 4. The Hall–Kier alpha value is -3.26. The van der Waals surface area contributed by atoms with Crippen molar-refractivity contribution in [2.45, 2.75) is 19.4 Å². The van der Waals surface area contributed by atoms with E-state index in [0.29, 0.717) is 18.8 Å². The number of non-ortho nitro benzene ring substituents is 1. The maximum Gasteiger partial charge on any atom is 0.271 e. The van der Waals surface area contributed by atoms with Gasteiger partial charge in [-0.1, -0.05) is 36.4 Å². The second-order valence-electron chi connectivity index (χ2n) is 7.15. The molecule has 3 rings (SSSR count). The monoisotopic (exact) mass is 397 g/mol. The number of nitrogens with zero attached hydrogens (tertiary/aromatic N) is 2. The summed E-state index contributed by atoms with van der Waals surface area (Å²) in [5.74, 6) is -0.356. The smallest absolute Gasteiger partial charge is 0.271 e. The third kappa shape index (κ3) is 6.11. The lowest BCUT2D eigenvalue weighted by atomic mass is 10.2. The van der Waals surface area contributed by atoms with Crippen molar-refractivity contribution in [3.8, 4) is 0 Å². The highest BCUT2D eigenvalue weighted by Gasteiger charge is 2.24. The van der Waals surface area contributed by atoms with Gasteiger partial charge in [0.2, 0.25) is 11.8 Å². The number of hydrogen-bond donors (Lipinski definition) is 2. The van der Waals surface area contributed by atoms with Crippen LogP contribution in [0.5, 0.6) is 0 Å². The summed E-state index contributed by atoms with van der Waals surface area (Å²) in [5, 5.41) is 13.4. The standard InChI is InChI=1S/C21H24N4O4/c26-20(22-18-7-4-8-19(15-18)25(28)29)9-10-21(27)24-13-11-23(12-14-24)16-17-5-2-1-3-6-17/h1-8,15H,9-14,16H2,(H,22,26)/p+1. The van der Waals surface area contributed by atoms with E-state index in [9.17, 15) is 19.7 Å². The van der Waals surface area contributed by atoms with Crippen molar-refractivity contribution >= 4 is 23.2 Å². The Kier molecular flexibility index (Phi) is 6.91. The van der Waals surface area contributed by atoms with Gasteiger partial charge in [0.1, 0.15) is 6.54 Å². The predicted octanol–water partition coefficient (Wildman–Crippen LogP) is 1.24. The second kappa shape index (κ2) is 9.79. The van der Waals surface area contributed by atoms with Crippen molar-refractivity contribution in [3.63, 3.8) is 0 Å². The van der Waals surface area contributed by atoms with Gasteiger partial charge in [-0.25, -0.2) is 0 Å². The van der Waals surface area contributed by atoms with E-state index in [4.69, 9.17) is 0 Å². The molecule has 0 aliphatic carbocycles. The number of carbonyl (C=O) groups is 2. The first-order valence-electron chi connectivity index (χ1n) is 9.71. The van der Waals surface area contributed by atoms with Crippen LogP contribution in [0.25, 0.3) is 0 Å². The molecule has 0 saturated carbocycles. The molecule has 29 heavy (non-hydrogen) atoms. The molecule has 0 spiro atoms. The van der Waals surface area contributed by atoms with Crippen LogP contribution in [0.1, 0.15) is 18.4 Å². The molecule has 2 amide bonds. The van der Waals surface area contributed by atoms with Gasteiger partial charge in [0.05, 0.1) is 31.1 Å². The molecule has 2 N–H and O–H groups in total. The van der Waals surface area contributed by atoms with Gasteiger partial charge in [0, 0.05) is 36.2 Å². The normalized spacial score (nSPS) is 14.4. The Morgan fingerprint density at radius 2 is 1.76 bits per heavy atom. The SMILES string of the molecule is O=C(CCC(=O)N1CC[NH+](Cc2ccccc2)CC1)Nc1cccc([N+](=O)[O-])c1. The summed E-state index contributed by atoms with van der Waals surface area (Å²) >= 11 is 0. The lowest BCUT2D eigenvalue weighted by molar-refractivity contribution is -0.917. The zero-order valence-corrected chi connectivity index (χ0v) is 16.2. The molecule has 2 aromatic rings.